The van der Waals surface area contributed by atoms with E-state index in [1.165, 1.54) is 24.8 Å². The third kappa shape index (κ3) is 2.47. The van der Waals surface area contributed by atoms with E-state index >= 15 is 0 Å². The van der Waals surface area contributed by atoms with E-state index in [4.69, 9.17) is 4.74 Å². The highest BCUT2D eigenvalue weighted by atomic mass is 32.1. The molecule has 2 aromatic heterocycles. The highest BCUT2D eigenvalue weighted by molar-refractivity contribution is 7.19. The molecule has 0 aliphatic rings. The lowest BCUT2D eigenvalue weighted by molar-refractivity contribution is 0.0596. The van der Waals surface area contributed by atoms with Crippen LogP contribution in [0.1, 0.15) is 35.1 Å². The summed E-state index contributed by atoms with van der Waals surface area (Å²) < 4.78 is 5.84. The summed E-state index contributed by atoms with van der Waals surface area (Å²) in [6, 6.07) is 4.01. The van der Waals surface area contributed by atoms with Gasteiger partial charge in [0.1, 0.15) is 0 Å². The molecular formula is C13H15NO2S. The zero-order chi connectivity index (χ0) is 12.3. The first-order chi connectivity index (χ1) is 8.26. The molecular weight excluding hydrogens is 234 g/mol. The van der Waals surface area contributed by atoms with E-state index < -0.39 is 0 Å². The highest BCUT2D eigenvalue weighted by Crippen LogP contribution is 2.28. The van der Waals surface area contributed by atoms with E-state index in [-0.39, 0.29) is 5.97 Å². The molecule has 0 N–H and O–H groups in total. The van der Waals surface area contributed by atoms with Crippen molar-refractivity contribution in [2.45, 2.75) is 26.2 Å². The van der Waals surface area contributed by atoms with Crippen LogP contribution in [0.4, 0.5) is 0 Å². The number of rotatable bonds is 4. The molecule has 0 unspecified atom stereocenters. The first-order valence-corrected chi connectivity index (χ1v) is 6.53. The second kappa shape index (κ2) is 5.27. The summed E-state index contributed by atoms with van der Waals surface area (Å²) in [5.74, 6) is -0.365. The minimum Gasteiger partial charge on any atom is -0.464 e. The van der Waals surface area contributed by atoms with Gasteiger partial charge in [-0.05, 0) is 25.0 Å². The van der Waals surface area contributed by atoms with Crippen LogP contribution in [0.15, 0.2) is 18.3 Å². The van der Waals surface area contributed by atoms with Crippen LogP contribution in [0.5, 0.6) is 0 Å². The first kappa shape index (κ1) is 12.0. The van der Waals surface area contributed by atoms with Gasteiger partial charge in [0.05, 0.1) is 7.11 Å². The molecule has 0 amide bonds. The molecule has 0 radical (unpaired) electrons. The molecule has 2 heterocycles. The quantitative estimate of drug-likeness (QED) is 0.779. The minimum absolute atomic E-state index is 0.365. The van der Waals surface area contributed by atoms with Gasteiger partial charge < -0.3 is 4.74 Å². The zero-order valence-corrected chi connectivity index (χ0v) is 10.8. The number of esters is 1. The molecule has 0 aliphatic heterocycles. The molecule has 0 bridgehead atoms. The van der Waals surface area contributed by atoms with Crippen LogP contribution in [0.25, 0.3) is 10.1 Å². The maximum atomic E-state index is 11.6. The van der Waals surface area contributed by atoms with Gasteiger partial charge in [0.15, 0.2) is 5.69 Å². The van der Waals surface area contributed by atoms with Crippen molar-refractivity contribution in [3.63, 3.8) is 0 Å². The van der Waals surface area contributed by atoms with Crippen molar-refractivity contribution in [2.24, 2.45) is 0 Å². The van der Waals surface area contributed by atoms with Crippen molar-refractivity contribution in [2.75, 3.05) is 7.11 Å². The molecule has 0 aliphatic carbocycles. The number of aromatic nitrogens is 1. The number of thiophene rings is 1. The molecule has 0 aromatic carbocycles. The predicted molar refractivity (Wildman–Crippen MR) is 69.6 cm³/mol. The number of nitrogens with zero attached hydrogens (tertiary/aromatic N) is 1. The lowest BCUT2D eigenvalue weighted by Gasteiger charge is -1.98. The Kier molecular flexibility index (Phi) is 3.74. The van der Waals surface area contributed by atoms with E-state index in [2.05, 4.69) is 18.0 Å². The topological polar surface area (TPSA) is 39.2 Å². The molecule has 2 aromatic rings. The van der Waals surface area contributed by atoms with Crippen molar-refractivity contribution in [3.05, 3.63) is 28.9 Å². The average molecular weight is 249 g/mol. The van der Waals surface area contributed by atoms with Crippen molar-refractivity contribution in [1.82, 2.24) is 4.98 Å². The van der Waals surface area contributed by atoms with Crippen molar-refractivity contribution >= 4 is 27.4 Å². The van der Waals surface area contributed by atoms with Crippen molar-refractivity contribution in [3.8, 4) is 0 Å². The van der Waals surface area contributed by atoms with Crippen LogP contribution >= 0.6 is 11.3 Å². The van der Waals surface area contributed by atoms with Crippen molar-refractivity contribution in [1.29, 1.82) is 0 Å². The molecule has 4 heteroatoms. The van der Waals surface area contributed by atoms with Crippen LogP contribution in [0.2, 0.25) is 0 Å². The Morgan fingerprint density at radius 2 is 2.35 bits per heavy atom. The van der Waals surface area contributed by atoms with Crippen LogP contribution in [0, 0.1) is 0 Å². The third-order valence-corrected chi connectivity index (χ3v) is 3.81. The Balaban J connectivity index is 2.42. The highest BCUT2D eigenvalue weighted by Gasteiger charge is 2.13. The number of carbonyl (C=O) groups is 1. The third-order valence-electron chi connectivity index (χ3n) is 2.65. The number of carbonyl (C=O) groups excluding carboxylic acids is 1. The number of ether oxygens (including phenoxy) is 1. The number of unbranched alkanes of at least 4 members (excludes halogenated alkanes) is 1. The van der Waals surface area contributed by atoms with Crippen LogP contribution < -0.4 is 0 Å². The first-order valence-electron chi connectivity index (χ1n) is 5.72. The molecule has 3 nitrogen and oxygen atoms in total. The van der Waals surface area contributed by atoms with Gasteiger partial charge in [-0.15, -0.1) is 11.3 Å². The standard InChI is InChI=1S/C13H15NO2S/c1-3-4-5-9-8-10-11(17-9)6-7-14-12(10)13(15)16-2/h6-8H,3-5H2,1-2H3. The second-order valence-corrected chi connectivity index (χ2v) is 5.05. The van der Waals surface area contributed by atoms with Gasteiger partial charge >= 0.3 is 5.97 Å². The Morgan fingerprint density at radius 3 is 3.06 bits per heavy atom. The molecule has 17 heavy (non-hydrogen) atoms. The summed E-state index contributed by atoms with van der Waals surface area (Å²) in [6.45, 7) is 2.18. The van der Waals surface area contributed by atoms with Crippen LogP contribution in [0.3, 0.4) is 0 Å². The lowest BCUT2D eigenvalue weighted by Crippen LogP contribution is -2.03. The van der Waals surface area contributed by atoms with Gasteiger partial charge in [-0.3, -0.25) is 0 Å². The summed E-state index contributed by atoms with van der Waals surface area (Å²) in [7, 11) is 1.38. The zero-order valence-electron chi connectivity index (χ0n) is 10.0. The predicted octanol–water partition coefficient (Wildman–Crippen LogP) is 3.43. The number of hydrogen-bond donors (Lipinski definition) is 0. The number of pyridine rings is 1. The Hall–Kier alpha value is -1.42. The Labute approximate surface area is 104 Å². The molecule has 0 fully saturated rings. The molecule has 90 valence electrons. The molecule has 0 saturated carbocycles. The van der Waals surface area contributed by atoms with E-state index in [0.717, 1.165) is 16.5 Å². The number of methoxy groups -OCH3 is 1. The van der Waals surface area contributed by atoms with E-state index in [0.29, 0.717) is 5.69 Å². The molecule has 0 atom stereocenters. The summed E-state index contributed by atoms with van der Waals surface area (Å²) >= 11 is 1.73. The molecule has 0 spiro atoms. The van der Waals surface area contributed by atoms with Crippen LogP contribution in [-0.2, 0) is 11.2 Å². The van der Waals surface area contributed by atoms with E-state index in [1.807, 2.05) is 6.07 Å². The summed E-state index contributed by atoms with van der Waals surface area (Å²) in [4.78, 5) is 17.0. The summed E-state index contributed by atoms with van der Waals surface area (Å²) in [5, 5.41) is 0.912. The van der Waals surface area contributed by atoms with Gasteiger partial charge in [0.25, 0.3) is 0 Å². The SMILES string of the molecule is CCCCc1cc2c(C(=O)OC)nccc2s1. The van der Waals surface area contributed by atoms with Gasteiger partial charge in [-0.1, -0.05) is 13.3 Å². The van der Waals surface area contributed by atoms with Gasteiger partial charge in [-0.25, -0.2) is 9.78 Å². The fourth-order valence-electron chi connectivity index (χ4n) is 1.75. The minimum atomic E-state index is -0.365. The van der Waals surface area contributed by atoms with Gasteiger partial charge in [0.2, 0.25) is 0 Å². The Morgan fingerprint density at radius 1 is 1.53 bits per heavy atom. The number of hydrogen-bond acceptors (Lipinski definition) is 4. The van der Waals surface area contributed by atoms with Crippen molar-refractivity contribution < 1.29 is 9.53 Å². The fourth-order valence-corrected chi connectivity index (χ4v) is 2.85. The Bertz CT molecular complexity index is 533. The average Bonchev–Trinajstić information content (AvgIpc) is 2.77. The molecule has 0 saturated heterocycles. The number of fused-ring (bicyclic) bond motifs is 1. The second-order valence-electron chi connectivity index (χ2n) is 3.88. The van der Waals surface area contributed by atoms with E-state index in [9.17, 15) is 4.79 Å². The number of aryl methyl sites for hydroxylation is 1. The maximum absolute atomic E-state index is 11.6. The summed E-state index contributed by atoms with van der Waals surface area (Å²) in [5.41, 5.74) is 0.420. The molecule has 2 rings (SSSR count). The smallest absolute Gasteiger partial charge is 0.357 e. The largest absolute Gasteiger partial charge is 0.464 e. The fraction of sp³-hybridized carbons (Fsp3) is 0.385. The van der Waals surface area contributed by atoms with Crippen LogP contribution in [-0.4, -0.2) is 18.1 Å². The maximum Gasteiger partial charge on any atom is 0.357 e. The van der Waals surface area contributed by atoms with Gasteiger partial charge in [0, 0.05) is 21.2 Å². The lowest BCUT2D eigenvalue weighted by atomic mass is 10.2. The monoisotopic (exact) mass is 249 g/mol. The summed E-state index contributed by atoms with van der Waals surface area (Å²) in [6.07, 6.45) is 5.08. The van der Waals surface area contributed by atoms with E-state index in [1.54, 1.807) is 17.5 Å². The normalized spacial score (nSPS) is 10.7. The van der Waals surface area contributed by atoms with Gasteiger partial charge in [-0.2, -0.15) is 0 Å².